The molecule has 0 bridgehead atoms. The van der Waals surface area contributed by atoms with Crippen LogP contribution >= 0.6 is 0 Å². The summed E-state index contributed by atoms with van der Waals surface area (Å²) in [6.07, 6.45) is 9.93. The van der Waals surface area contributed by atoms with Crippen molar-refractivity contribution in [3.05, 3.63) is 72.4 Å². The van der Waals surface area contributed by atoms with Crippen LogP contribution in [0.15, 0.2) is 61.2 Å². The maximum absolute atomic E-state index is 13.1. The van der Waals surface area contributed by atoms with Crippen LogP contribution in [0.2, 0.25) is 0 Å². The standard InChI is InChI=1S/C26H29N5O/c1-18-6-7-23-22(15-18)25(20-8-11-27-12-9-20)26(29-23)21-5-3-13-30(17-21)24(32)16-19(2)31-14-4-10-28-31/h4,6-12,14-15,19,21,29H,3,5,13,16-17H2,1-2H3/t19-,21-/m0/s1. The van der Waals surface area contributed by atoms with Crippen LogP contribution in [0, 0.1) is 6.92 Å². The number of nitrogens with one attached hydrogen (secondary N) is 1. The number of carbonyl (C=O) groups excluding carboxylic acids is 1. The van der Waals surface area contributed by atoms with Crippen molar-refractivity contribution in [3.8, 4) is 11.1 Å². The van der Waals surface area contributed by atoms with Crippen molar-refractivity contribution in [2.24, 2.45) is 0 Å². The van der Waals surface area contributed by atoms with Crippen molar-refractivity contribution in [1.29, 1.82) is 0 Å². The number of rotatable bonds is 5. The summed E-state index contributed by atoms with van der Waals surface area (Å²) >= 11 is 0. The largest absolute Gasteiger partial charge is 0.358 e. The normalized spacial score (nSPS) is 17.6. The van der Waals surface area contributed by atoms with Crippen LogP contribution in [0.5, 0.6) is 0 Å². The van der Waals surface area contributed by atoms with Gasteiger partial charge >= 0.3 is 0 Å². The van der Waals surface area contributed by atoms with Crippen LogP contribution < -0.4 is 0 Å². The molecule has 164 valence electrons. The smallest absolute Gasteiger partial charge is 0.224 e. The first-order chi connectivity index (χ1) is 15.6. The van der Waals surface area contributed by atoms with E-state index >= 15 is 0 Å². The van der Waals surface area contributed by atoms with E-state index in [1.54, 1.807) is 6.20 Å². The van der Waals surface area contributed by atoms with E-state index in [1.807, 2.05) is 41.2 Å². The van der Waals surface area contributed by atoms with Gasteiger partial charge in [-0.3, -0.25) is 14.5 Å². The quantitative estimate of drug-likeness (QED) is 0.482. The first kappa shape index (κ1) is 20.5. The Morgan fingerprint density at radius 3 is 2.84 bits per heavy atom. The van der Waals surface area contributed by atoms with Crippen LogP contribution in [0.1, 0.15) is 49.4 Å². The average molecular weight is 428 g/mol. The second kappa shape index (κ2) is 8.61. The Morgan fingerprint density at radius 1 is 1.22 bits per heavy atom. The third kappa shape index (κ3) is 3.93. The van der Waals surface area contributed by atoms with Gasteiger partial charge < -0.3 is 9.88 Å². The van der Waals surface area contributed by atoms with Gasteiger partial charge in [0.2, 0.25) is 5.91 Å². The average Bonchev–Trinajstić information content (AvgIpc) is 3.48. The number of carbonyl (C=O) groups is 1. The van der Waals surface area contributed by atoms with E-state index < -0.39 is 0 Å². The molecule has 32 heavy (non-hydrogen) atoms. The van der Waals surface area contributed by atoms with E-state index in [1.165, 1.54) is 27.8 Å². The predicted molar refractivity (Wildman–Crippen MR) is 126 cm³/mol. The van der Waals surface area contributed by atoms with Gasteiger partial charge in [0.05, 0.1) is 6.04 Å². The van der Waals surface area contributed by atoms with Crippen molar-refractivity contribution in [2.75, 3.05) is 13.1 Å². The minimum Gasteiger partial charge on any atom is -0.358 e. The number of pyridine rings is 1. The molecule has 3 aromatic heterocycles. The summed E-state index contributed by atoms with van der Waals surface area (Å²) in [5.74, 6) is 0.485. The number of aromatic amines is 1. The fourth-order valence-corrected chi connectivity index (χ4v) is 4.92. The summed E-state index contributed by atoms with van der Waals surface area (Å²) < 4.78 is 1.86. The number of piperidine rings is 1. The van der Waals surface area contributed by atoms with Gasteiger partial charge in [-0.25, -0.2) is 0 Å². The molecule has 0 unspecified atom stereocenters. The summed E-state index contributed by atoms with van der Waals surface area (Å²) in [7, 11) is 0. The topological polar surface area (TPSA) is 66.8 Å². The molecule has 2 atom stereocenters. The van der Waals surface area contributed by atoms with Gasteiger partial charge in [-0.05, 0) is 62.6 Å². The number of nitrogens with zero attached hydrogens (tertiary/aromatic N) is 4. The zero-order valence-electron chi connectivity index (χ0n) is 18.7. The van der Waals surface area contributed by atoms with Crippen LogP contribution in [-0.4, -0.2) is 43.6 Å². The lowest BCUT2D eigenvalue weighted by Gasteiger charge is -2.33. The van der Waals surface area contributed by atoms with E-state index in [4.69, 9.17) is 0 Å². The minimum absolute atomic E-state index is 0.0568. The fraction of sp³-hybridized carbons (Fsp3) is 0.346. The van der Waals surface area contributed by atoms with Gasteiger partial charge in [0, 0.05) is 72.4 Å². The molecule has 1 aliphatic rings. The van der Waals surface area contributed by atoms with Crippen LogP contribution in [-0.2, 0) is 4.79 Å². The molecule has 6 nitrogen and oxygen atoms in total. The van der Waals surface area contributed by atoms with Gasteiger partial charge in [-0.15, -0.1) is 0 Å². The maximum atomic E-state index is 13.1. The van der Waals surface area contributed by atoms with Gasteiger partial charge in [-0.2, -0.15) is 5.10 Å². The third-order valence-corrected chi connectivity index (χ3v) is 6.58. The van der Waals surface area contributed by atoms with E-state index in [0.717, 1.165) is 31.4 Å². The number of amides is 1. The Labute approximate surface area is 188 Å². The Hall–Kier alpha value is -3.41. The predicted octanol–water partition coefficient (Wildman–Crippen LogP) is 5.09. The van der Waals surface area contributed by atoms with Gasteiger partial charge in [0.15, 0.2) is 0 Å². The summed E-state index contributed by atoms with van der Waals surface area (Å²) in [6.45, 7) is 5.75. The van der Waals surface area contributed by atoms with Crippen molar-refractivity contribution < 1.29 is 4.79 Å². The molecule has 6 heteroatoms. The zero-order valence-corrected chi connectivity index (χ0v) is 18.7. The van der Waals surface area contributed by atoms with E-state index in [-0.39, 0.29) is 17.9 Å². The molecule has 1 amide bonds. The van der Waals surface area contributed by atoms with Gasteiger partial charge in [0.25, 0.3) is 0 Å². The Balaban J connectivity index is 1.44. The first-order valence-corrected chi connectivity index (χ1v) is 11.4. The number of fused-ring (bicyclic) bond motifs is 1. The summed E-state index contributed by atoms with van der Waals surface area (Å²) in [5.41, 5.74) is 6.03. The summed E-state index contributed by atoms with van der Waals surface area (Å²) in [4.78, 5) is 23.1. The number of aromatic nitrogens is 4. The molecular formula is C26H29N5O. The molecule has 0 aliphatic carbocycles. The zero-order chi connectivity index (χ0) is 22.1. The highest BCUT2D eigenvalue weighted by Gasteiger charge is 2.29. The number of H-pyrrole nitrogens is 1. The molecule has 1 N–H and O–H groups in total. The summed E-state index contributed by atoms with van der Waals surface area (Å²) in [5, 5.41) is 5.53. The third-order valence-electron chi connectivity index (χ3n) is 6.58. The molecular weight excluding hydrogens is 398 g/mol. The van der Waals surface area contributed by atoms with Crippen molar-refractivity contribution in [3.63, 3.8) is 0 Å². The number of benzene rings is 1. The second-order valence-electron chi connectivity index (χ2n) is 8.92. The van der Waals surface area contributed by atoms with Crippen molar-refractivity contribution in [1.82, 2.24) is 24.6 Å². The van der Waals surface area contributed by atoms with Gasteiger partial charge in [-0.1, -0.05) is 11.6 Å². The number of likely N-dealkylation sites (tertiary alicyclic amines) is 1. The van der Waals surface area contributed by atoms with Crippen molar-refractivity contribution in [2.45, 2.75) is 45.1 Å². The van der Waals surface area contributed by atoms with Gasteiger partial charge in [0.1, 0.15) is 0 Å². The molecule has 1 saturated heterocycles. The summed E-state index contributed by atoms with van der Waals surface area (Å²) in [6, 6.07) is 12.7. The molecule has 0 saturated carbocycles. The Kier molecular flexibility index (Phi) is 5.52. The highest BCUT2D eigenvalue weighted by molar-refractivity contribution is 5.98. The lowest BCUT2D eigenvalue weighted by molar-refractivity contribution is -0.133. The maximum Gasteiger partial charge on any atom is 0.224 e. The molecule has 1 aromatic carbocycles. The number of hydrogen-bond acceptors (Lipinski definition) is 3. The van der Waals surface area contributed by atoms with Crippen LogP contribution in [0.25, 0.3) is 22.0 Å². The molecule has 5 rings (SSSR count). The Bertz CT molecular complexity index is 1210. The lowest BCUT2D eigenvalue weighted by atomic mass is 9.89. The Morgan fingerprint density at radius 2 is 2.06 bits per heavy atom. The SMILES string of the molecule is Cc1ccc2[nH]c([C@H]3CCCN(C(=O)C[C@H](C)n4cccn4)C3)c(-c3ccncc3)c2c1. The lowest BCUT2D eigenvalue weighted by Crippen LogP contribution is -2.40. The molecule has 1 fully saturated rings. The van der Waals surface area contributed by atoms with Crippen molar-refractivity contribution >= 4 is 16.8 Å². The second-order valence-corrected chi connectivity index (χ2v) is 8.92. The monoisotopic (exact) mass is 427 g/mol. The molecule has 4 heterocycles. The highest BCUT2D eigenvalue weighted by atomic mass is 16.2. The highest BCUT2D eigenvalue weighted by Crippen LogP contribution is 2.39. The first-order valence-electron chi connectivity index (χ1n) is 11.4. The fourth-order valence-electron chi connectivity index (χ4n) is 4.92. The molecule has 0 spiro atoms. The van der Waals surface area contributed by atoms with E-state index in [9.17, 15) is 4.79 Å². The molecule has 1 aliphatic heterocycles. The van der Waals surface area contributed by atoms with E-state index in [2.05, 4.69) is 52.3 Å². The van der Waals surface area contributed by atoms with Crippen LogP contribution in [0.4, 0.5) is 0 Å². The number of hydrogen-bond donors (Lipinski definition) is 1. The minimum atomic E-state index is 0.0568. The number of aryl methyl sites for hydroxylation is 1. The molecule has 4 aromatic rings. The van der Waals surface area contributed by atoms with Crippen LogP contribution in [0.3, 0.4) is 0 Å². The van der Waals surface area contributed by atoms with E-state index in [0.29, 0.717) is 6.42 Å². The molecule has 0 radical (unpaired) electrons.